The molecule has 0 fully saturated rings. The fraction of sp³-hybridized carbons (Fsp3) is 0.625. The Hall–Kier alpha value is -0.460. The van der Waals surface area contributed by atoms with Crippen LogP contribution in [0.4, 0.5) is 0 Å². The summed E-state index contributed by atoms with van der Waals surface area (Å²) in [5.74, 6) is 0.784. The molecule has 3 heteroatoms. The number of hydrogen-bond acceptors (Lipinski definition) is 3. The van der Waals surface area contributed by atoms with E-state index in [4.69, 9.17) is 5.26 Å². The molecule has 11 heavy (non-hydrogen) atoms. The minimum atomic E-state index is 0.602. The van der Waals surface area contributed by atoms with E-state index in [1.54, 1.807) is 0 Å². The lowest BCUT2D eigenvalue weighted by molar-refractivity contribution is 0.379. The number of hydrogen-bond donors (Lipinski definition) is 1. The van der Waals surface area contributed by atoms with E-state index >= 15 is 0 Å². The average Bonchev–Trinajstić information content (AvgIpc) is 2.01. The minimum absolute atomic E-state index is 0.602. The van der Waals surface area contributed by atoms with Crippen molar-refractivity contribution in [3.8, 4) is 6.07 Å². The first-order valence-electron chi connectivity index (χ1n) is 3.62. The summed E-state index contributed by atoms with van der Waals surface area (Å²) in [5, 5.41) is 8.28. The van der Waals surface area contributed by atoms with Crippen molar-refractivity contribution in [2.24, 2.45) is 0 Å². The van der Waals surface area contributed by atoms with Crippen LogP contribution in [-0.2, 0) is 0 Å². The number of rotatable bonds is 5. The lowest BCUT2D eigenvalue weighted by atomic mass is 10.4. The van der Waals surface area contributed by atoms with Gasteiger partial charge in [0.05, 0.1) is 6.07 Å². The molecule has 2 nitrogen and oxygen atoms in total. The van der Waals surface area contributed by atoms with Gasteiger partial charge in [0.25, 0.3) is 0 Å². The third-order valence-electron chi connectivity index (χ3n) is 1.29. The maximum atomic E-state index is 8.28. The van der Waals surface area contributed by atoms with Gasteiger partial charge in [0, 0.05) is 25.3 Å². The molecule has 0 saturated carbocycles. The van der Waals surface area contributed by atoms with Gasteiger partial charge in [0.1, 0.15) is 0 Å². The molecule has 0 aromatic rings. The van der Waals surface area contributed by atoms with E-state index in [0.717, 1.165) is 18.8 Å². The van der Waals surface area contributed by atoms with Gasteiger partial charge in [-0.3, -0.25) is 0 Å². The van der Waals surface area contributed by atoms with E-state index in [0.29, 0.717) is 6.42 Å². The SMILES string of the molecule is CN(CC=CCS)CCC#N. The maximum Gasteiger partial charge on any atom is 0.0635 e. The second-order valence-electron chi connectivity index (χ2n) is 2.32. The maximum absolute atomic E-state index is 8.28. The molecule has 0 atom stereocenters. The fourth-order valence-corrected chi connectivity index (χ4v) is 0.810. The molecule has 0 amide bonds. The highest BCUT2D eigenvalue weighted by Gasteiger charge is 1.91. The zero-order chi connectivity index (χ0) is 8.53. The van der Waals surface area contributed by atoms with Crippen molar-refractivity contribution in [3.63, 3.8) is 0 Å². The number of nitriles is 1. The van der Waals surface area contributed by atoms with Crippen molar-refractivity contribution in [2.45, 2.75) is 6.42 Å². The van der Waals surface area contributed by atoms with Crippen LogP contribution >= 0.6 is 12.6 Å². The van der Waals surface area contributed by atoms with Crippen molar-refractivity contribution >= 4 is 12.6 Å². The summed E-state index contributed by atoms with van der Waals surface area (Å²) in [4.78, 5) is 2.10. The third kappa shape index (κ3) is 7.44. The molecule has 62 valence electrons. The van der Waals surface area contributed by atoms with Gasteiger partial charge in [-0.05, 0) is 7.05 Å². The fourth-order valence-electron chi connectivity index (χ4n) is 0.661. The van der Waals surface area contributed by atoms with Crippen LogP contribution in [0.1, 0.15) is 6.42 Å². The summed E-state index contributed by atoms with van der Waals surface area (Å²) >= 11 is 4.04. The van der Waals surface area contributed by atoms with E-state index in [1.165, 1.54) is 0 Å². The molecule has 0 unspecified atom stereocenters. The summed E-state index contributed by atoms with van der Waals surface area (Å²) in [5.41, 5.74) is 0. The molecule has 0 aromatic heterocycles. The lowest BCUT2D eigenvalue weighted by Crippen LogP contribution is -2.19. The van der Waals surface area contributed by atoms with Crippen LogP contribution < -0.4 is 0 Å². The van der Waals surface area contributed by atoms with Crippen LogP contribution in [0.5, 0.6) is 0 Å². The normalized spacial score (nSPS) is 10.7. The monoisotopic (exact) mass is 170 g/mol. The van der Waals surface area contributed by atoms with Crippen molar-refractivity contribution in [1.29, 1.82) is 5.26 Å². The van der Waals surface area contributed by atoms with Crippen molar-refractivity contribution < 1.29 is 0 Å². The van der Waals surface area contributed by atoms with Gasteiger partial charge in [0.15, 0.2) is 0 Å². The Morgan fingerprint density at radius 1 is 1.55 bits per heavy atom. The van der Waals surface area contributed by atoms with Crippen LogP contribution in [0.3, 0.4) is 0 Å². The van der Waals surface area contributed by atoms with Gasteiger partial charge in [-0.2, -0.15) is 17.9 Å². The van der Waals surface area contributed by atoms with Gasteiger partial charge in [-0.25, -0.2) is 0 Å². The van der Waals surface area contributed by atoms with E-state index in [9.17, 15) is 0 Å². The second-order valence-corrected chi connectivity index (χ2v) is 2.69. The van der Waals surface area contributed by atoms with Crippen LogP contribution in [0.2, 0.25) is 0 Å². The Balaban J connectivity index is 3.30. The van der Waals surface area contributed by atoms with Crippen LogP contribution in [-0.4, -0.2) is 30.8 Å². The Morgan fingerprint density at radius 2 is 2.27 bits per heavy atom. The molecule has 0 radical (unpaired) electrons. The molecular weight excluding hydrogens is 156 g/mol. The Kier molecular flexibility index (Phi) is 7.33. The molecule has 0 saturated heterocycles. The molecule has 0 aliphatic rings. The van der Waals surface area contributed by atoms with Crippen LogP contribution in [0.15, 0.2) is 12.2 Å². The summed E-state index contributed by atoms with van der Waals surface area (Å²) in [7, 11) is 2.00. The van der Waals surface area contributed by atoms with E-state index < -0.39 is 0 Å². The number of nitrogens with zero attached hydrogens (tertiary/aromatic N) is 2. The number of thiol groups is 1. The molecule has 0 aromatic carbocycles. The summed E-state index contributed by atoms with van der Waals surface area (Å²) in [6.07, 6.45) is 4.67. The minimum Gasteiger partial charge on any atom is -0.302 e. The van der Waals surface area contributed by atoms with Gasteiger partial charge >= 0.3 is 0 Å². The van der Waals surface area contributed by atoms with Crippen LogP contribution in [0, 0.1) is 11.3 Å². The zero-order valence-electron chi connectivity index (χ0n) is 6.82. The molecular formula is C8H14N2S. The molecule has 0 bridgehead atoms. The summed E-state index contributed by atoms with van der Waals surface area (Å²) in [6.45, 7) is 1.75. The highest BCUT2D eigenvalue weighted by atomic mass is 32.1. The first-order chi connectivity index (χ1) is 5.31. The van der Waals surface area contributed by atoms with Crippen LogP contribution in [0.25, 0.3) is 0 Å². The first kappa shape index (κ1) is 10.5. The van der Waals surface area contributed by atoms with E-state index in [1.807, 2.05) is 13.1 Å². The summed E-state index contributed by atoms with van der Waals surface area (Å²) in [6, 6.07) is 2.11. The predicted molar refractivity (Wildman–Crippen MR) is 50.7 cm³/mol. The van der Waals surface area contributed by atoms with Crippen molar-refractivity contribution in [3.05, 3.63) is 12.2 Å². The second kappa shape index (κ2) is 7.64. The topological polar surface area (TPSA) is 27.0 Å². The van der Waals surface area contributed by atoms with Crippen molar-refractivity contribution in [2.75, 3.05) is 25.9 Å². The van der Waals surface area contributed by atoms with E-state index in [2.05, 4.69) is 29.7 Å². The average molecular weight is 170 g/mol. The van der Waals surface area contributed by atoms with Gasteiger partial charge in [-0.1, -0.05) is 12.2 Å². The summed E-state index contributed by atoms with van der Waals surface area (Å²) < 4.78 is 0. The Labute approximate surface area is 73.9 Å². The number of likely N-dealkylation sites (N-methyl/N-ethyl adjacent to an activating group) is 1. The van der Waals surface area contributed by atoms with Gasteiger partial charge in [-0.15, -0.1) is 0 Å². The highest BCUT2D eigenvalue weighted by Crippen LogP contribution is 1.87. The first-order valence-corrected chi connectivity index (χ1v) is 4.26. The molecule has 0 heterocycles. The smallest absolute Gasteiger partial charge is 0.0635 e. The van der Waals surface area contributed by atoms with E-state index in [-0.39, 0.29) is 0 Å². The third-order valence-corrected chi connectivity index (χ3v) is 1.51. The van der Waals surface area contributed by atoms with Gasteiger partial charge in [0.2, 0.25) is 0 Å². The molecule has 0 N–H and O–H groups in total. The highest BCUT2D eigenvalue weighted by molar-refractivity contribution is 7.80. The lowest BCUT2D eigenvalue weighted by Gasteiger charge is -2.10. The quantitative estimate of drug-likeness (QED) is 0.497. The Bertz CT molecular complexity index is 149. The molecule has 0 aliphatic heterocycles. The predicted octanol–water partition coefficient (Wildman–Crippen LogP) is 1.32. The van der Waals surface area contributed by atoms with Crippen molar-refractivity contribution in [1.82, 2.24) is 4.90 Å². The molecule has 0 rings (SSSR count). The largest absolute Gasteiger partial charge is 0.302 e. The zero-order valence-corrected chi connectivity index (χ0v) is 7.72. The van der Waals surface area contributed by atoms with Gasteiger partial charge < -0.3 is 4.90 Å². The molecule has 0 aliphatic carbocycles. The Morgan fingerprint density at radius 3 is 2.82 bits per heavy atom. The molecule has 0 spiro atoms. The standard InChI is InChI=1S/C8H14N2S/c1-10(7-4-5-9)6-2-3-8-11/h2-3,11H,4,6-8H2,1H3.